The molecule has 0 atom stereocenters. The first-order valence-corrected chi connectivity index (χ1v) is 7.72. The van der Waals surface area contributed by atoms with Crippen molar-refractivity contribution in [3.05, 3.63) is 34.3 Å². The van der Waals surface area contributed by atoms with Crippen LogP contribution in [0.15, 0.2) is 28.7 Å². The number of carbonyl (C=O) groups excluding carboxylic acids is 1. The van der Waals surface area contributed by atoms with E-state index in [0.29, 0.717) is 18.5 Å². The fourth-order valence-corrected chi connectivity index (χ4v) is 2.96. The molecule has 104 valence electrons. The molecule has 3 nitrogen and oxygen atoms in total. The lowest BCUT2D eigenvalue weighted by Crippen LogP contribution is -2.40. The normalized spacial score (nSPS) is 23.1. The topological polar surface area (TPSA) is 55.1 Å². The molecule has 4 heteroatoms. The number of rotatable bonds is 4. The fraction of sp³-hybridized carbons (Fsp3) is 0.533. The van der Waals surface area contributed by atoms with Crippen molar-refractivity contribution in [2.75, 3.05) is 0 Å². The molecular weight excluding hydrogens is 304 g/mol. The van der Waals surface area contributed by atoms with Gasteiger partial charge in [0.2, 0.25) is 5.91 Å². The molecule has 1 fully saturated rings. The molecule has 1 saturated carbocycles. The molecule has 0 spiro atoms. The Morgan fingerprint density at radius 1 is 1.32 bits per heavy atom. The van der Waals surface area contributed by atoms with Gasteiger partial charge in [-0.15, -0.1) is 0 Å². The second kappa shape index (κ2) is 7.06. The van der Waals surface area contributed by atoms with E-state index in [4.69, 9.17) is 5.73 Å². The van der Waals surface area contributed by atoms with Crippen molar-refractivity contribution in [3.8, 4) is 0 Å². The highest BCUT2D eigenvalue weighted by Gasteiger charge is 2.19. The van der Waals surface area contributed by atoms with Crippen LogP contribution in [-0.2, 0) is 11.2 Å². The van der Waals surface area contributed by atoms with E-state index in [9.17, 15) is 4.79 Å². The lowest BCUT2D eigenvalue weighted by atomic mass is 9.92. The molecule has 0 heterocycles. The minimum absolute atomic E-state index is 0.153. The average molecular weight is 325 g/mol. The summed E-state index contributed by atoms with van der Waals surface area (Å²) in [6.45, 7) is 0. The molecule has 1 aliphatic rings. The van der Waals surface area contributed by atoms with Crippen molar-refractivity contribution in [2.45, 2.75) is 50.6 Å². The monoisotopic (exact) mass is 324 g/mol. The van der Waals surface area contributed by atoms with E-state index in [1.54, 1.807) is 0 Å². The minimum atomic E-state index is 0.153. The van der Waals surface area contributed by atoms with Crippen LogP contribution in [-0.4, -0.2) is 18.0 Å². The summed E-state index contributed by atoms with van der Waals surface area (Å²) < 4.78 is 1.06. The molecule has 3 N–H and O–H groups in total. The Balaban J connectivity index is 1.73. The average Bonchev–Trinajstić information content (AvgIpc) is 2.39. The Labute approximate surface area is 123 Å². The third kappa shape index (κ3) is 4.96. The SMILES string of the molecule is NC1CCC(NC(=O)CCc2cccc(Br)c2)CC1. The Bertz CT molecular complexity index is 428. The Morgan fingerprint density at radius 2 is 2.05 bits per heavy atom. The largest absolute Gasteiger partial charge is 0.353 e. The van der Waals surface area contributed by atoms with Crippen molar-refractivity contribution in [2.24, 2.45) is 5.73 Å². The van der Waals surface area contributed by atoms with E-state index < -0.39 is 0 Å². The number of halogens is 1. The quantitative estimate of drug-likeness (QED) is 0.894. The van der Waals surface area contributed by atoms with Gasteiger partial charge >= 0.3 is 0 Å². The van der Waals surface area contributed by atoms with E-state index in [-0.39, 0.29) is 5.91 Å². The number of nitrogens with two attached hydrogens (primary N) is 1. The van der Waals surface area contributed by atoms with E-state index >= 15 is 0 Å². The summed E-state index contributed by atoms with van der Waals surface area (Å²) in [7, 11) is 0. The van der Waals surface area contributed by atoms with Gasteiger partial charge in [-0.2, -0.15) is 0 Å². The molecule has 19 heavy (non-hydrogen) atoms. The van der Waals surface area contributed by atoms with Crippen LogP contribution in [0.25, 0.3) is 0 Å². The van der Waals surface area contributed by atoms with E-state index in [2.05, 4.69) is 33.4 Å². The van der Waals surface area contributed by atoms with Crippen molar-refractivity contribution in [1.29, 1.82) is 0 Å². The van der Waals surface area contributed by atoms with Gasteiger partial charge in [0.05, 0.1) is 0 Å². The zero-order chi connectivity index (χ0) is 13.7. The highest BCUT2D eigenvalue weighted by Crippen LogP contribution is 2.17. The number of amides is 1. The third-order valence-electron chi connectivity index (χ3n) is 3.67. The van der Waals surface area contributed by atoms with Gasteiger partial charge < -0.3 is 11.1 Å². The van der Waals surface area contributed by atoms with Crippen molar-refractivity contribution < 1.29 is 4.79 Å². The highest BCUT2D eigenvalue weighted by atomic mass is 79.9. The van der Waals surface area contributed by atoms with Crippen LogP contribution < -0.4 is 11.1 Å². The zero-order valence-electron chi connectivity index (χ0n) is 11.1. The van der Waals surface area contributed by atoms with E-state index in [1.165, 1.54) is 5.56 Å². The minimum Gasteiger partial charge on any atom is -0.353 e. The van der Waals surface area contributed by atoms with Crippen molar-refractivity contribution in [3.63, 3.8) is 0 Å². The number of aryl methyl sites for hydroxylation is 1. The summed E-state index contributed by atoms with van der Waals surface area (Å²) in [5, 5.41) is 3.12. The van der Waals surface area contributed by atoms with Crippen molar-refractivity contribution in [1.82, 2.24) is 5.32 Å². The molecule has 0 saturated heterocycles. The van der Waals surface area contributed by atoms with Gasteiger partial charge in [0.1, 0.15) is 0 Å². The van der Waals surface area contributed by atoms with E-state index in [0.717, 1.165) is 36.6 Å². The van der Waals surface area contributed by atoms with Crippen LogP contribution in [0.5, 0.6) is 0 Å². The first-order valence-electron chi connectivity index (χ1n) is 6.93. The van der Waals surface area contributed by atoms with Crippen molar-refractivity contribution >= 4 is 21.8 Å². The summed E-state index contributed by atoms with van der Waals surface area (Å²) in [6.07, 6.45) is 5.43. The maximum atomic E-state index is 11.9. The van der Waals surface area contributed by atoms with Crippen LogP contribution in [0.3, 0.4) is 0 Å². The van der Waals surface area contributed by atoms with Crippen LogP contribution in [0.2, 0.25) is 0 Å². The molecule has 1 aromatic carbocycles. The van der Waals surface area contributed by atoms with Gasteiger partial charge in [-0.05, 0) is 49.8 Å². The van der Waals surface area contributed by atoms with Gasteiger partial charge in [0.25, 0.3) is 0 Å². The zero-order valence-corrected chi connectivity index (χ0v) is 12.7. The molecule has 1 aromatic rings. The Kier molecular flexibility index (Phi) is 5.40. The molecule has 1 amide bonds. The second-order valence-corrected chi connectivity index (χ2v) is 6.22. The predicted octanol–water partition coefficient (Wildman–Crippen LogP) is 2.77. The summed E-state index contributed by atoms with van der Waals surface area (Å²) >= 11 is 3.44. The lowest BCUT2D eigenvalue weighted by molar-refractivity contribution is -0.122. The maximum Gasteiger partial charge on any atom is 0.220 e. The molecule has 0 aromatic heterocycles. The summed E-state index contributed by atoms with van der Waals surface area (Å²) in [4.78, 5) is 11.9. The Hall–Kier alpha value is -0.870. The number of carbonyl (C=O) groups is 1. The molecule has 2 rings (SSSR count). The summed E-state index contributed by atoms with van der Waals surface area (Å²) in [5.41, 5.74) is 7.05. The molecule has 0 bridgehead atoms. The molecule has 0 radical (unpaired) electrons. The van der Waals surface area contributed by atoms with Crippen LogP contribution in [0.1, 0.15) is 37.7 Å². The van der Waals surface area contributed by atoms with Gasteiger partial charge in [0, 0.05) is 23.0 Å². The molecule has 0 aliphatic heterocycles. The molecular formula is C15H21BrN2O. The fourth-order valence-electron chi connectivity index (χ4n) is 2.51. The maximum absolute atomic E-state index is 11.9. The lowest BCUT2D eigenvalue weighted by Gasteiger charge is -2.26. The molecule has 1 aliphatic carbocycles. The first-order chi connectivity index (χ1) is 9.13. The Morgan fingerprint density at radius 3 is 2.74 bits per heavy atom. The standard InChI is InChI=1S/C15H21BrN2O/c16-12-3-1-2-11(10-12)4-9-15(19)18-14-7-5-13(17)6-8-14/h1-3,10,13-14H,4-9,17H2,(H,18,19). The van der Waals surface area contributed by atoms with E-state index in [1.807, 2.05) is 12.1 Å². The predicted molar refractivity (Wildman–Crippen MR) is 80.8 cm³/mol. The summed E-state index contributed by atoms with van der Waals surface area (Å²) in [5.74, 6) is 0.153. The van der Waals surface area contributed by atoms with Gasteiger partial charge in [-0.25, -0.2) is 0 Å². The third-order valence-corrected chi connectivity index (χ3v) is 4.16. The van der Waals surface area contributed by atoms with Gasteiger partial charge in [0.15, 0.2) is 0 Å². The van der Waals surface area contributed by atoms with Gasteiger partial charge in [-0.1, -0.05) is 28.1 Å². The number of benzene rings is 1. The van der Waals surface area contributed by atoms with Crippen LogP contribution >= 0.6 is 15.9 Å². The second-order valence-electron chi connectivity index (χ2n) is 5.31. The summed E-state index contributed by atoms with van der Waals surface area (Å²) in [6, 6.07) is 8.77. The van der Waals surface area contributed by atoms with Crippen LogP contribution in [0.4, 0.5) is 0 Å². The van der Waals surface area contributed by atoms with Gasteiger partial charge in [-0.3, -0.25) is 4.79 Å². The first kappa shape index (κ1) is 14.5. The van der Waals surface area contributed by atoms with Crippen LogP contribution in [0, 0.1) is 0 Å². The number of nitrogens with one attached hydrogen (secondary N) is 1. The number of hydrogen-bond donors (Lipinski definition) is 2. The number of hydrogen-bond acceptors (Lipinski definition) is 2. The smallest absolute Gasteiger partial charge is 0.220 e. The highest BCUT2D eigenvalue weighted by molar-refractivity contribution is 9.10. The molecule has 0 unspecified atom stereocenters.